The van der Waals surface area contributed by atoms with Gasteiger partial charge in [-0.3, -0.25) is 0 Å². The zero-order valence-electron chi connectivity index (χ0n) is 13.1. The van der Waals surface area contributed by atoms with Crippen molar-refractivity contribution in [3.05, 3.63) is 69.7 Å². The highest BCUT2D eigenvalue weighted by molar-refractivity contribution is 9.10. The molecule has 1 heterocycles. The van der Waals surface area contributed by atoms with Crippen molar-refractivity contribution in [1.29, 1.82) is 0 Å². The minimum atomic E-state index is -0.549. The summed E-state index contributed by atoms with van der Waals surface area (Å²) in [5, 5.41) is 3.34. The van der Waals surface area contributed by atoms with Crippen molar-refractivity contribution in [3.63, 3.8) is 0 Å². The summed E-state index contributed by atoms with van der Waals surface area (Å²) in [4.78, 5) is 12.8. The molecular formula is C19H20BrNO2. The first-order valence-corrected chi connectivity index (χ1v) is 8.66. The van der Waals surface area contributed by atoms with Crippen molar-refractivity contribution >= 4 is 21.9 Å². The molecule has 1 aliphatic rings. The number of halogens is 1. The standard InChI is InChI=1S/C19H20BrNO2/c1-14-7-8-17(20)16(13-14)18(22)23-19(9-11-21-12-10-19)15-5-3-2-4-6-15/h2-8,13,21H,9-12H2,1H3. The van der Waals surface area contributed by atoms with E-state index >= 15 is 0 Å². The van der Waals surface area contributed by atoms with E-state index in [2.05, 4.69) is 21.2 Å². The van der Waals surface area contributed by atoms with Gasteiger partial charge in [-0.05, 0) is 53.6 Å². The van der Waals surface area contributed by atoms with Crippen LogP contribution < -0.4 is 5.32 Å². The number of ether oxygens (including phenoxy) is 1. The molecule has 1 aliphatic heterocycles. The average Bonchev–Trinajstić information content (AvgIpc) is 2.58. The van der Waals surface area contributed by atoms with Crippen molar-refractivity contribution in [2.75, 3.05) is 13.1 Å². The normalized spacial score (nSPS) is 16.8. The van der Waals surface area contributed by atoms with E-state index in [0.29, 0.717) is 5.56 Å². The highest BCUT2D eigenvalue weighted by atomic mass is 79.9. The fraction of sp³-hybridized carbons (Fsp3) is 0.316. The predicted molar refractivity (Wildman–Crippen MR) is 94.5 cm³/mol. The van der Waals surface area contributed by atoms with E-state index in [1.807, 2.05) is 55.5 Å². The summed E-state index contributed by atoms with van der Waals surface area (Å²) in [6.45, 7) is 3.66. The first kappa shape index (κ1) is 16.2. The van der Waals surface area contributed by atoms with E-state index < -0.39 is 5.60 Å². The third-order valence-electron chi connectivity index (χ3n) is 4.34. The number of nitrogens with one attached hydrogen (secondary N) is 1. The Morgan fingerprint density at radius 1 is 1.13 bits per heavy atom. The van der Waals surface area contributed by atoms with Gasteiger partial charge in [0, 0.05) is 17.3 Å². The van der Waals surface area contributed by atoms with Crippen molar-refractivity contribution in [1.82, 2.24) is 5.32 Å². The highest BCUT2D eigenvalue weighted by Gasteiger charge is 2.38. The number of hydrogen-bond donors (Lipinski definition) is 1. The molecule has 0 spiro atoms. The minimum Gasteiger partial charge on any atom is -0.450 e. The topological polar surface area (TPSA) is 38.3 Å². The van der Waals surface area contributed by atoms with E-state index in [4.69, 9.17) is 4.74 Å². The first-order valence-electron chi connectivity index (χ1n) is 7.86. The number of piperidine rings is 1. The summed E-state index contributed by atoms with van der Waals surface area (Å²) in [5.41, 5.74) is 2.14. The van der Waals surface area contributed by atoms with E-state index in [1.165, 1.54) is 0 Å². The monoisotopic (exact) mass is 373 g/mol. The summed E-state index contributed by atoms with van der Waals surface area (Å²) in [7, 11) is 0. The van der Waals surface area contributed by atoms with Gasteiger partial charge >= 0.3 is 5.97 Å². The Hall–Kier alpha value is -1.65. The summed E-state index contributed by atoms with van der Waals surface area (Å²) in [6, 6.07) is 15.8. The smallest absolute Gasteiger partial charge is 0.340 e. The van der Waals surface area contributed by atoms with Gasteiger partial charge in [0.15, 0.2) is 0 Å². The Morgan fingerprint density at radius 2 is 1.83 bits per heavy atom. The number of esters is 1. The van der Waals surface area contributed by atoms with Crippen molar-refractivity contribution in [3.8, 4) is 0 Å². The maximum Gasteiger partial charge on any atom is 0.340 e. The molecule has 0 bridgehead atoms. The van der Waals surface area contributed by atoms with Gasteiger partial charge < -0.3 is 10.1 Å². The molecule has 23 heavy (non-hydrogen) atoms. The minimum absolute atomic E-state index is 0.272. The van der Waals surface area contributed by atoms with Crippen LogP contribution in [0.5, 0.6) is 0 Å². The lowest BCUT2D eigenvalue weighted by Crippen LogP contribution is -2.43. The van der Waals surface area contributed by atoms with E-state index in [0.717, 1.165) is 41.5 Å². The summed E-state index contributed by atoms with van der Waals surface area (Å²) in [5.74, 6) is -0.272. The van der Waals surface area contributed by atoms with E-state index in [9.17, 15) is 4.79 Å². The zero-order valence-corrected chi connectivity index (χ0v) is 14.7. The molecule has 2 aromatic rings. The molecule has 2 aromatic carbocycles. The maximum absolute atomic E-state index is 12.8. The van der Waals surface area contributed by atoms with Crippen LogP contribution in [0.3, 0.4) is 0 Å². The predicted octanol–water partition coefficient (Wildman–Crippen LogP) is 4.19. The Balaban J connectivity index is 1.93. The Kier molecular flexibility index (Phi) is 4.83. The summed E-state index contributed by atoms with van der Waals surface area (Å²) >= 11 is 3.46. The second-order valence-corrected chi connectivity index (χ2v) is 6.84. The second-order valence-electron chi connectivity index (χ2n) is 5.98. The molecular weight excluding hydrogens is 354 g/mol. The van der Waals surface area contributed by atoms with Gasteiger partial charge in [0.05, 0.1) is 5.56 Å². The molecule has 0 atom stereocenters. The van der Waals surface area contributed by atoms with E-state index in [1.54, 1.807) is 0 Å². The van der Waals surface area contributed by atoms with Gasteiger partial charge in [-0.25, -0.2) is 4.79 Å². The van der Waals surface area contributed by atoms with Crippen molar-refractivity contribution in [2.45, 2.75) is 25.4 Å². The maximum atomic E-state index is 12.8. The lowest BCUT2D eigenvalue weighted by Gasteiger charge is -2.37. The SMILES string of the molecule is Cc1ccc(Br)c(C(=O)OC2(c3ccccc3)CCNCC2)c1. The van der Waals surface area contributed by atoms with Crippen LogP contribution in [0, 0.1) is 6.92 Å². The quantitative estimate of drug-likeness (QED) is 0.819. The third kappa shape index (κ3) is 3.48. The number of rotatable bonds is 3. The van der Waals surface area contributed by atoms with Crippen molar-refractivity contribution in [2.24, 2.45) is 0 Å². The molecule has 3 rings (SSSR count). The molecule has 0 aromatic heterocycles. The fourth-order valence-corrected chi connectivity index (χ4v) is 3.46. The fourth-order valence-electron chi connectivity index (χ4n) is 3.05. The van der Waals surface area contributed by atoms with Gasteiger partial charge in [0.25, 0.3) is 0 Å². The molecule has 3 nitrogen and oxygen atoms in total. The largest absolute Gasteiger partial charge is 0.450 e. The molecule has 0 saturated carbocycles. The van der Waals surface area contributed by atoms with Crippen LogP contribution in [0.25, 0.3) is 0 Å². The first-order chi connectivity index (χ1) is 11.1. The number of carbonyl (C=O) groups is 1. The molecule has 0 radical (unpaired) electrons. The molecule has 1 N–H and O–H groups in total. The number of hydrogen-bond acceptors (Lipinski definition) is 3. The molecule has 4 heteroatoms. The molecule has 0 amide bonds. The molecule has 120 valence electrons. The van der Waals surface area contributed by atoms with Gasteiger partial charge in [-0.2, -0.15) is 0 Å². The van der Waals surface area contributed by atoms with Crippen LogP contribution in [0.4, 0.5) is 0 Å². The van der Waals surface area contributed by atoms with Crippen LogP contribution in [0.1, 0.15) is 34.3 Å². The summed E-state index contributed by atoms with van der Waals surface area (Å²) < 4.78 is 6.85. The van der Waals surface area contributed by atoms with Crippen LogP contribution >= 0.6 is 15.9 Å². The van der Waals surface area contributed by atoms with Gasteiger partial charge in [0.2, 0.25) is 0 Å². The molecule has 1 saturated heterocycles. The second kappa shape index (κ2) is 6.85. The molecule has 0 unspecified atom stereocenters. The number of aryl methyl sites for hydroxylation is 1. The highest BCUT2D eigenvalue weighted by Crippen LogP contribution is 2.36. The van der Waals surface area contributed by atoms with Crippen LogP contribution in [-0.2, 0) is 10.3 Å². The lowest BCUT2D eigenvalue weighted by atomic mass is 9.84. The average molecular weight is 374 g/mol. The molecule has 0 aliphatic carbocycles. The third-order valence-corrected chi connectivity index (χ3v) is 5.03. The number of carbonyl (C=O) groups excluding carboxylic acids is 1. The summed E-state index contributed by atoms with van der Waals surface area (Å²) in [6.07, 6.45) is 1.57. The van der Waals surface area contributed by atoms with Crippen LogP contribution in [0.2, 0.25) is 0 Å². The number of benzene rings is 2. The van der Waals surface area contributed by atoms with Gasteiger partial charge in [-0.15, -0.1) is 0 Å². The Bertz CT molecular complexity index is 694. The Morgan fingerprint density at radius 3 is 2.52 bits per heavy atom. The zero-order chi connectivity index (χ0) is 16.3. The lowest BCUT2D eigenvalue weighted by molar-refractivity contribution is -0.0379. The Labute approximate surface area is 145 Å². The van der Waals surface area contributed by atoms with Crippen LogP contribution in [0.15, 0.2) is 53.0 Å². The van der Waals surface area contributed by atoms with Crippen molar-refractivity contribution < 1.29 is 9.53 Å². The van der Waals surface area contributed by atoms with E-state index in [-0.39, 0.29) is 5.97 Å². The van der Waals surface area contributed by atoms with Crippen LogP contribution in [-0.4, -0.2) is 19.1 Å². The van der Waals surface area contributed by atoms with Gasteiger partial charge in [0.1, 0.15) is 5.60 Å². The van der Waals surface area contributed by atoms with Gasteiger partial charge in [-0.1, -0.05) is 42.0 Å². The molecule has 1 fully saturated rings.